The Morgan fingerprint density at radius 1 is 1.23 bits per heavy atom. The summed E-state index contributed by atoms with van der Waals surface area (Å²) in [4.78, 5) is 18.6. The summed E-state index contributed by atoms with van der Waals surface area (Å²) in [6.07, 6.45) is 2.74. The highest BCUT2D eigenvalue weighted by atomic mass is 35.5. The molecule has 7 nitrogen and oxygen atoms in total. The summed E-state index contributed by atoms with van der Waals surface area (Å²) in [5, 5.41) is 0.254. The maximum absolute atomic E-state index is 14.0. The van der Waals surface area contributed by atoms with Crippen molar-refractivity contribution >= 4 is 27.5 Å². The van der Waals surface area contributed by atoms with Crippen molar-refractivity contribution in [2.45, 2.75) is 43.4 Å². The van der Waals surface area contributed by atoms with Gasteiger partial charge < -0.3 is 4.74 Å². The highest BCUT2D eigenvalue weighted by Crippen LogP contribution is 2.54. The van der Waals surface area contributed by atoms with Crippen LogP contribution >= 0.6 is 11.6 Å². The van der Waals surface area contributed by atoms with Crippen LogP contribution in [-0.2, 0) is 10.0 Å². The number of ether oxygens (including phenoxy) is 1. The molecule has 5 rings (SSSR count). The van der Waals surface area contributed by atoms with E-state index in [1.165, 1.54) is 34.8 Å². The fourth-order valence-electron chi connectivity index (χ4n) is 5.00. The van der Waals surface area contributed by atoms with Crippen molar-refractivity contribution in [3.05, 3.63) is 53.1 Å². The molecule has 164 valence electrons. The lowest BCUT2D eigenvalue weighted by Gasteiger charge is -2.62. The van der Waals surface area contributed by atoms with Crippen molar-refractivity contribution in [2.24, 2.45) is 5.41 Å². The number of hydrogen-bond acceptors (Lipinski definition) is 5. The lowest BCUT2D eigenvalue weighted by atomic mass is 9.61. The Morgan fingerprint density at radius 3 is 2.58 bits per heavy atom. The number of aromatic nitrogens is 1. The number of nitrogens with zero attached hydrogens (tertiary/aromatic N) is 3. The van der Waals surface area contributed by atoms with Crippen molar-refractivity contribution in [1.29, 1.82) is 0 Å². The molecule has 2 aromatic rings. The maximum Gasteiger partial charge on any atom is 0.262 e. The first kappa shape index (κ1) is 20.7. The normalized spacial score (nSPS) is 22.5. The standard InChI is InChI=1S/C21H21ClFN3O4S/c1-20(2)26(19(27)14-10-24-18(22)7-16(14)30-20)13-8-21(9-13)11-25(12-21)31(28,29)17-6-4-3-5-15(17)23/h3-7,10,13H,8-9,11-12H2,1-2H3. The minimum Gasteiger partial charge on any atom is -0.467 e. The van der Waals surface area contributed by atoms with E-state index in [0.717, 1.165) is 6.07 Å². The fourth-order valence-corrected chi connectivity index (χ4v) is 6.88. The van der Waals surface area contributed by atoms with E-state index >= 15 is 0 Å². The average molecular weight is 466 g/mol. The van der Waals surface area contributed by atoms with Crippen molar-refractivity contribution in [3.8, 4) is 5.75 Å². The van der Waals surface area contributed by atoms with Crippen LogP contribution in [0.25, 0.3) is 0 Å². The second-order valence-corrected chi connectivity index (χ2v) is 11.3. The van der Waals surface area contributed by atoms with Crippen molar-refractivity contribution in [1.82, 2.24) is 14.2 Å². The third-order valence-corrected chi connectivity index (χ3v) is 8.43. The van der Waals surface area contributed by atoms with Crippen LogP contribution in [0, 0.1) is 11.2 Å². The van der Waals surface area contributed by atoms with Gasteiger partial charge >= 0.3 is 0 Å². The Morgan fingerprint density at radius 2 is 1.90 bits per heavy atom. The minimum atomic E-state index is -3.87. The van der Waals surface area contributed by atoms with E-state index in [9.17, 15) is 17.6 Å². The number of sulfonamides is 1. The van der Waals surface area contributed by atoms with Crippen LogP contribution in [0.15, 0.2) is 41.4 Å². The molecule has 0 atom stereocenters. The van der Waals surface area contributed by atoms with Gasteiger partial charge in [0, 0.05) is 36.8 Å². The number of carbonyl (C=O) groups is 1. The number of rotatable bonds is 3. The highest BCUT2D eigenvalue weighted by molar-refractivity contribution is 7.89. The van der Waals surface area contributed by atoms with E-state index in [-0.39, 0.29) is 27.4 Å². The minimum absolute atomic E-state index is 0.0790. The van der Waals surface area contributed by atoms with Crippen LogP contribution in [0.3, 0.4) is 0 Å². The number of fused-ring (bicyclic) bond motifs is 1. The molecule has 1 aliphatic carbocycles. The second-order valence-electron chi connectivity index (χ2n) is 8.99. The predicted molar refractivity (Wildman–Crippen MR) is 111 cm³/mol. The van der Waals surface area contributed by atoms with Crippen molar-refractivity contribution < 1.29 is 22.3 Å². The third-order valence-electron chi connectivity index (χ3n) is 6.40. The highest BCUT2D eigenvalue weighted by Gasteiger charge is 2.60. The molecule has 3 heterocycles. The summed E-state index contributed by atoms with van der Waals surface area (Å²) in [6, 6.07) is 6.85. The van der Waals surface area contributed by atoms with Gasteiger partial charge in [0.05, 0.1) is 0 Å². The zero-order valence-electron chi connectivity index (χ0n) is 17.0. The lowest BCUT2D eigenvalue weighted by Crippen LogP contribution is -2.71. The van der Waals surface area contributed by atoms with Gasteiger partial charge in [0.2, 0.25) is 10.0 Å². The molecule has 0 unspecified atom stereocenters. The first-order chi connectivity index (χ1) is 14.5. The number of pyridine rings is 1. The summed E-state index contributed by atoms with van der Waals surface area (Å²) in [6.45, 7) is 4.28. The van der Waals surface area contributed by atoms with Gasteiger partial charge in [-0.25, -0.2) is 17.8 Å². The molecule has 2 fully saturated rings. The second kappa shape index (κ2) is 6.63. The fraction of sp³-hybridized carbons (Fsp3) is 0.429. The van der Waals surface area contributed by atoms with Crippen molar-refractivity contribution in [3.63, 3.8) is 0 Å². The van der Waals surface area contributed by atoms with E-state index in [4.69, 9.17) is 16.3 Å². The van der Waals surface area contributed by atoms with Gasteiger partial charge in [-0.1, -0.05) is 23.7 Å². The van der Waals surface area contributed by atoms with Gasteiger partial charge in [-0.3, -0.25) is 9.69 Å². The van der Waals surface area contributed by atoms with Gasteiger partial charge in [-0.2, -0.15) is 4.31 Å². The lowest BCUT2D eigenvalue weighted by molar-refractivity contribution is -0.135. The van der Waals surface area contributed by atoms with Crippen LogP contribution in [0.5, 0.6) is 5.75 Å². The summed E-state index contributed by atoms with van der Waals surface area (Å²) in [5.41, 5.74) is -0.705. The monoisotopic (exact) mass is 465 g/mol. The van der Waals surface area contributed by atoms with E-state index in [1.54, 1.807) is 4.90 Å². The molecular formula is C21H21ClFN3O4S. The Bertz CT molecular complexity index is 1190. The molecule has 1 saturated carbocycles. The third kappa shape index (κ3) is 3.13. The number of benzene rings is 1. The molecule has 1 aromatic heterocycles. The number of amides is 1. The number of hydrogen-bond donors (Lipinski definition) is 0. The summed E-state index contributed by atoms with van der Waals surface area (Å²) < 4.78 is 46.8. The number of halogens is 2. The van der Waals surface area contributed by atoms with Gasteiger partial charge in [0.25, 0.3) is 5.91 Å². The van der Waals surface area contributed by atoms with Crippen LogP contribution in [-0.4, -0.2) is 53.4 Å². The summed E-state index contributed by atoms with van der Waals surface area (Å²) >= 11 is 5.93. The van der Waals surface area contributed by atoms with Crippen LogP contribution in [0.4, 0.5) is 4.39 Å². The molecule has 3 aliphatic rings. The van der Waals surface area contributed by atoms with E-state index in [2.05, 4.69) is 4.98 Å². The smallest absolute Gasteiger partial charge is 0.262 e. The predicted octanol–water partition coefficient (Wildman–Crippen LogP) is 3.30. The van der Waals surface area contributed by atoms with Gasteiger partial charge in [-0.05, 0) is 38.8 Å². The van der Waals surface area contributed by atoms with Crippen LogP contribution < -0.4 is 4.74 Å². The quantitative estimate of drug-likeness (QED) is 0.650. The molecule has 0 bridgehead atoms. The Balaban J connectivity index is 1.30. The molecule has 1 aromatic carbocycles. The summed E-state index contributed by atoms with van der Waals surface area (Å²) in [5.74, 6) is -0.517. The van der Waals surface area contributed by atoms with Gasteiger partial charge in [0.1, 0.15) is 27.2 Å². The Labute approximate surface area is 184 Å². The first-order valence-corrected chi connectivity index (χ1v) is 11.8. The molecule has 31 heavy (non-hydrogen) atoms. The molecule has 2 aliphatic heterocycles. The molecule has 1 amide bonds. The van der Waals surface area contributed by atoms with Crippen molar-refractivity contribution in [2.75, 3.05) is 13.1 Å². The molecule has 0 radical (unpaired) electrons. The SMILES string of the molecule is CC1(C)Oc2cc(Cl)ncc2C(=O)N1C1CC2(C1)CN(S(=O)(=O)c1ccccc1F)C2. The van der Waals surface area contributed by atoms with E-state index < -0.39 is 21.6 Å². The Kier molecular flexibility index (Phi) is 4.42. The van der Waals surface area contributed by atoms with Gasteiger partial charge in [-0.15, -0.1) is 0 Å². The van der Waals surface area contributed by atoms with Crippen LogP contribution in [0.1, 0.15) is 37.0 Å². The van der Waals surface area contributed by atoms with E-state index in [1.807, 2.05) is 13.8 Å². The average Bonchev–Trinajstić information content (AvgIpc) is 2.60. The number of carbonyl (C=O) groups excluding carboxylic acids is 1. The molecule has 1 saturated heterocycles. The van der Waals surface area contributed by atoms with Gasteiger partial charge in [0.15, 0.2) is 5.72 Å². The van der Waals surface area contributed by atoms with E-state index in [0.29, 0.717) is 37.2 Å². The largest absolute Gasteiger partial charge is 0.467 e. The maximum atomic E-state index is 14.0. The molecule has 0 N–H and O–H groups in total. The summed E-state index contributed by atoms with van der Waals surface area (Å²) in [7, 11) is -3.87. The zero-order chi connectivity index (χ0) is 22.2. The topological polar surface area (TPSA) is 79.8 Å². The molecular weight excluding hydrogens is 445 g/mol. The molecule has 10 heteroatoms. The first-order valence-electron chi connectivity index (χ1n) is 9.95. The zero-order valence-corrected chi connectivity index (χ0v) is 18.6. The van der Waals surface area contributed by atoms with Crippen LogP contribution in [0.2, 0.25) is 5.15 Å². The molecule has 1 spiro atoms. The Hall–Kier alpha value is -2.23.